The van der Waals surface area contributed by atoms with Crippen molar-refractivity contribution in [3.63, 3.8) is 0 Å². The molecule has 0 aliphatic carbocycles. The van der Waals surface area contributed by atoms with Crippen molar-refractivity contribution < 1.29 is 22.7 Å². The summed E-state index contributed by atoms with van der Waals surface area (Å²) in [6.45, 7) is 6.82. The zero-order valence-corrected chi connectivity index (χ0v) is 22.0. The minimum atomic E-state index is -3.55. The molecule has 0 unspecified atom stereocenters. The summed E-state index contributed by atoms with van der Waals surface area (Å²) in [6.07, 6.45) is 0. The Morgan fingerprint density at radius 2 is 1.66 bits per heavy atom. The van der Waals surface area contributed by atoms with E-state index in [1.165, 1.54) is 16.4 Å². The fraction of sp³-hybridized carbons (Fsp3) is 0.417. The van der Waals surface area contributed by atoms with E-state index in [1.54, 1.807) is 56.4 Å². The van der Waals surface area contributed by atoms with Gasteiger partial charge in [-0.2, -0.15) is 4.31 Å². The fourth-order valence-corrected chi connectivity index (χ4v) is 6.67. The predicted molar refractivity (Wildman–Crippen MR) is 137 cm³/mol. The van der Waals surface area contributed by atoms with Gasteiger partial charge in [0.05, 0.1) is 23.8 Å². The number of nitrogens with zero attached hydrogens (tertiary/aromatic N) is 4. The number of piperazine rings is 1. The van der Waals surface area contributed by atoms with Gasteiger partial charge < -0.3 is 19.3 Å². The highest BCUT2D eigenvalue weighted by atomic mass is 32.2. The smallest absolute Gasteiger partial charge is 0.253 e. The quantitative estimate of drug-likeness (QED) is 0.452. The Morgan fingerprint density at radius 1 is 1.00 bits per heavy atom. The molecule has 0 radical (unpaired) electrons. The second kappa shape index (κ2) is 10.4. The van der Waals surface area contributed by atoms with E-state index in [1.807, 2.05) is 12.1 Å². The minimum Gasteiger partial charge on any atom is -0.493 e. The normalized spacial score (nSPS) is 14.5. The summed E-state index contributed by atoms with van der Waals surface area (Å²) in [6, 6.07) is 10.1. The van der Waals surface area contributed by atoms with Crippen molar-refractivity contribution in [3.05, 3.63) is 42.0 Å². The number of rotatable bonds is 8. The summed E-state index contributed by atoms with van der Waals surface area (Å²) in [5, 5.41) is 0.879. The molecule has 4 rings (SSSR count). The number of aromatic nitrogens is 1. The van der Waals surface area contributed by atoms with Crippen LogP contribution in [-0.2, 0) is 10.0 Å². The molecular formula is C24H30N4O5S2. The van der Waals surface area contributed by atoms with Gasteiger partial charge in [-0.25, -0.2) is 13.4 Å². The van der Waals surface area contributed by atoms with Gasteiger partial charge >= 0.3 is 0 Å². The van der Waals surface area contributed by atoms with Gasteiger partial charge in [-0.05, 0) is 36.4 Å². The lowest BCUT2D eigenvalue weighted by Crippen LogP contribution is -2.48. The molecule has 9 nitrogen and oxygen atoms in total. The third kappa shape index (κ3) is 4.80. The highest BCUT2D eigenvalue weighted by molar-refractivity contribution is 7.89. The van der Waals surface area contributed by atoms with E-state index in [4.69, 9.17) is 14.5 Å². The highest BCUT2D eigenvalue weighted by Gasteiger charge is 2.26. The van der Waals surface area contributed by atoms with Crippen molar-refractivity contribution in [1.82, 2.24) is 14.2 Å². The largest absolute Gasteiger partial charge is 0.493 e. The summed E-state index contributed by atoms with van der Waals surface area (Å²) in [7, 11) is -0.343. The maximum absolute atomic E-state index is 13.0. The van der Waals surface area contributed by atoms with Crippen LogP contribution in [0.4, 0.5) is 5.13 Å². The first-order valence-electron chi connectivity index (χ1n) is 11.5. The lowest BCUT2D eigenvalue weighted by Gasteiger charge is -2.34. The van der Waals surface area contributed by atoms with Crippen molar-refractivity contribution in [2.45, 2.75) is 18.7 Å². The number of carbonyl (C=O) groups excluding carboxylic acids is 1. The van der Waals surface area contributed by atoms with Crippen LogP contribution in [0.15, 0.2) is 41.3 Å². The molecule has 1 fully saturated rings. The first kappa shape index (κ1) is 25.2. The maximum Gasteiger partial charge on any atom is 0.253 e. The monoisotopic (exact) mass is 518 g/mol. The molecule has 0 bridgehead atoms. The molecule has 2 heterocycles. The van der Waals surface area contributed by atoms with Crippen molar-refractivity contribution in [2.24, 2.45) is 0 Å². The minimum absolute atomic E-state index is 0.104. The Labute approximate surface area is 209 Å². The van der Waals surface area contributed by atoms with Crippen LogP contribution in [0.25, 0.3) is 10.2 Å². The number of sulfonamides is 1. The first-order valence-corrected chi connectivity index (χ1v) is 13.8. The van der Waals surface area contributed by atoms with E-state index in [0.29, 0.717) is 56.3 Å². The number of hydrogen-bond acceptors (Lipinski definition) is 8. The number of hydrogen-bond donors (Lipinski definition) is 0. The number of carbonyl (C=O) groups is 1. The van der Waals surface area contributed by atoms with Gasteiger partial charge in [0, 0.05) is 44.8 Å². The van der Waals surface area contributed by atoms with Crippen LogP contribution in [0.3, 0.4) is 0 Å². The lowest BCUT2D eigenvalue weighted by molar-refractivity contribution is 0.0746. The maximum atomic E-state index is 13.0. The van der Waals surface area contributed by atoms with E-state index in [-0.39, 0.29) is 10.8 Å². The number of amides is 1. The summed E-state index contributed by atoms with van der Waals surface area (Å²) >= 11 is 1.58. The van der Waals surface area contributed by atoms with E-state index in [9.17, 15) is 13.2 Å². The van der Waals surface area contributed by atoms with Crippen molar-refractivity contribution in [3.8, 4) is 11.5 Å². The van der Waals surface area contributed by atoms with Crippen LogP contribution in [0, 0.1) is 0 Å². The van der Waals surface area contributed by atoms with E-state index in [2.05, 4.69) is 4.90 Å². The Bertz CT molecular complexity index is 1300. The molecule has 1 saturated heterocycles. The van der Waals surface area contributed by atoms with Gasteiger partial charge in [-0.15, -0.1) is 0 Å². The van der Waals surface area contributed by atoms with Gasteiger partial charge in [0.15, 0.2) is 16.6 Å². The van der Waals surface area contributed by atoms with Gasteiger partial charge in [0.1, 0.15) is 5.52 Å². The highest BCUT2D eigenvalue weighted by Crippen LogP contribution is 2.40. The molecule has 2 aromatic carbocycles. The van der Waals surface area contributed by atoms with Crippen LogP contribution < -0.4 is 14.4 Å². The molecular weight excluding hydrogens is 488 g/mol. The van der Waals surface area contributed by atoms with Crippen LogP contribution in [0.2, 0.25) is 0 Å². The Balaban J connectivity index is 1.44. The number of methoxy groups -OCH3 is 2. The van der Waals surface area contributed by atoms with Gasteiger partial charge in [-0.3, -0.25) is 4.79 Å². The molecule has 188 valence electrons. The van der Waals surface area contributed by atoms with Crippen LogP contribution in [0.1, 0.15) is 24.2 Å². The van der Waals surface area contributed by atoms with Crippen molar-refractivity contribution in [2.75, 3.05) is 58.4 Å². The molecule has 11 heteroatoms. The molecule has 3 aromatic rings. The van der Waals surface area contributed by atoms with Crippen molar-refractivity contribution >= 4 is 42.6 Å². The third-order valence-corrected chi connectivity index (χ3v) is 9.32. The van der Waals surface area contributed by atoms with Crippen molar-refractivity contribution in [1.29, 1.82) is 0 Å². The Morgan fingerprint density at radius 3 is 2.23 bits per heavy atom. The predicted octanol–water partition coefficient (Wildman–Crippen LogP) is 3.31. The SMILES string of the molecule is CCN(CC)S(=O)(=O)c1ccc(C(=O)N2CCN(c3nc4c(OC)c(OC)ccc4s3)CC2)cc1. The molecule has 1 amide bonds. The molecule has 0 spiro atoms. The van der Waals surface area contributed by atoms with Crippen LogP contribution >= 0.6 is 11.3 Å². The topological polar surface area (TPSA) is 92.3 Å². The molecule has 1 aromatic heterocycles. The number of fused-ring (bicyclic) bond motifs is 1. The molecule has 1 aliphatic heterocycles. The Kier molecular flexibility index (Phi) is 7.48. The molecule has 35 heavy (non-hydrogen) atoms. The van der Waals surface area contributed by atoms with Crippen LogP contribution in [-0.4, -0.2) is 82.0 Å². The summed E-state index contributed by atoms with van der Waals surface area (Å²) < 4.78 is 38.7. The second-order valence-corrected chi connectivity index (χ2v) is 11.0. The van der Waals surface area contributed by atoms with E-state index < -0.39 is 10.0 Å². The summed E-state index contributed by atoms with van der Waals surface area (Å²) in [5.41, 5.74) is 1.25. The molecule has 0 atom stereocenters. The second-order valence-electron chi connectivity index (χ2n) is 8.04. The Hall–Kier alpha value is -2.89. The number of anilines is 1. The van der Waals surface area contributed by atoms with Crippen LogP contribution in [0.5, 0.6) is 11.5 Å². The number of thiazole rings is 1. The fourth-order valence-electron chi connectivity index (χ4n) is 4.20. The van der Waals surface area contributed by atoms with Gasteiger partial charge in [-0.1, -0.05) is 25.2 Å². The summed E-state index contributed by atoms with van der Waals surface area (Å²) in [5.74, 6) is 1.16. The number of benzene rings is 2. The zero-order chi connectivity index (χ0) is 25.2. The average Bonchev–Trinajstić information content (AvgIpc) is 3.33. The molecule has 1 aliphatic rings. The lowest BCUT2D eigenvalue weighted by atomic mass is 10.2. The van der Waals surface area contributed by atoms with E-state index >= 15 is 0 Å². The van der Waals surface area contributed by atoms with Gasteiger partial charge in [0.25, 0.3) is 5.91 Å². The summed E-state index contributed by atoms with van der Waals surface area (Å²) in [4.78, 5) is 22.0. The molecule has 0 saturated carbocycles. The average molecular weight is 519 g/mol. The third-order valence-electron chi connectivity index (χ3n) is 6.17. The van der Waals surface area contributed by atoms with Gasteiger partial charge in [0.2, 0.25) is 10.0 Å². The molecule has 0 N–H and O–H groups in total. The van der Waals surface area contributed by atoms with E-state index in [0.717, 1.165) is 15.3 Å². The number of ether oxygens (including phenoxy) is 2. The standard InChI is InChI=1S/C24H30N4O5S2/c1-5-28(6-2)35(30,31)18-9-7-17(8-10-18)23(29)26-13-15-27(16-14-26)24-25-21-20(34-24)12-11-19(32-3)22(21)33-4/h7-12H,5-6,13-16H2,1-4H3. The first-order chi connectivity index (χ1) is 16.8. The zero-order valence-electron chi connectivity index (χ0n) is 20.4.